The van der Waals surface area contributed by atoms with E-state index in [1.54, 1.807) is 7.05 Å². The molecule has 0 aliphatic carbocycles. The highest BCUT2D eigenvalue weighted by molar-refractivity contribution is 6.30. The van der Waals surface area contributed by atoms with Gasteiger partial charge in [-0.25, -0.2) is 0 Å². The van der Waals surface area contributed by atoms with E-state index in [4.69, 9.17) is 11.6 Å². The highest BCUT2D eigenvalue weighted by Crippen LogP contribution is 2.25. The molecule has 8 heteroatoms. The van der Waals surface area contributed by atoms with Gasteiger partial charge in [-0.15, -0.1) is 0 Å². The van der Waals surface area contributed by atoms with Gasteiger partial charge in [0.1, 0.15) is 5.75 Å². The third kappa shape index (κ3) is 4.07. The minimum atomic E-state index is -2.96. The first-order valence-electron chi connectivity index (χ1n) is 6.61. The third-order valence-corrected chi connectivity index (χ3v) is 3.64. The van der Waals surface area contributed by atoms with Crippen LogP contribution in [0.1, 0.15) is 12.0 Å². The zero-order valence-electron chi connectivity index (χ0n) is 11.8. The van der Waals surface area contributed by atoms with Crippen molar-refractivity contribution in [2.45, 2.75) is 19.6 Å². The molecule has 22 heavy (non-hydrogen) atoms. The molecule has 0 aromatic heterocycles. The highest BCUT2D eigenvalue weighted by Gasteiger charge is 2.31. The van der Waals surface area contributed by atoms with E-state index in [2.05, 4.69) is 10.1 Å². The topological polar surface area (TPSA) is 58.6 Å². The van der Waals surface area contributed by atoms with Gasteiger partial charge < -0.3 is 15.0 Å². The van der Waals surface area contributed by atoms with Crippen molar-refractivity contribution in [3.8, 4) is 5.75 Å². The Kier molecular flexibility index (Phi) is 5.18. The number of carbonyl (C=O) groups is 2. The summed E-state index contributed by atoms with van der Waals surface area (Å²) in [6.45, 7) is -2.62. The normalized spacial score (nSPS) is 18.0. The lowest BCUT2D eigenvalue weighted by Crippen LogP contribution is -2.32. The maximum absolute atomic E-state index is 12.3. The fourth-order valence-corrected chi connectivity index (χ4v) is 2.46. The molecule has 0 spiro atoms. The van der Waals surface area contributed by atoms with Crippen molar-refractivity contribution in [1.82, 2.24) is 10.2 Å². The predicted molar refractivity (Wildman–Crippen MR) is 75.7 cm³/mol. The summed E-state index contributed by atoms with van der Waals surface area (Å²) in [5, 5.41) is 2.97. The molecule has 5 nitrogen and oxygen atoms in total. The summed E-state index contributed by atoms with van der Waals surface area (Å²) in [6, 6.07) is 4.20. The fraction of sp³-hybridized carbons (Fsp3) is 0.429. The molecule has 2 amide bonds. The van der Waals surface area contributed by atoms with E-state index < -0.39 is 12.5 Å². The summed E-state index contributed by atoms with van der Waals surface area (Å²) < 4.78 is 29.1. The van der Waals surface area contributed by atoms with E-state index in [0.29, 0.717) is 17.1 Å². The Labute approximate surface area is 131 Å². The van der Waals surface area contributed by atoms with Crippen LogP contribution in [0.4, 0.5) is 8.78 Å². The van der Waals surface area contributed by atoms with Crippen molar-refractivity contribution in [1.29, 1.82) is 0 Å². The van der Waals surface area contributed by atoms with E-state index in [0.717, 1.165) is 0 Å². The molecule has 1 saturated heterocycles. The van der Waals surface area contributed by atoms with Gasteiger partial charge in [0, 0.05) is 37.1 Å². The van der Waals surface area contributed by atoms with Crippen molar-refractivity contribution in [3.05, 3.63) is 28.8 Å². The smallest absolute Gasteiger partial charge is 0.387 e. The second-order valence-electron chi connectivity index (χ2n) is 5.02. The lowest BCUT2D eigenvalue weighted by Gasteiger charge is -2.14. The maximum Gasteiger partial charge on any atom is 0.387 e. The first-order valence-corrected chi connectivity index (χ1v) is 6.99. The van der Waals surface area contributed by atoms with Gasteiger partial charge in [-0.05, 0) is 18.2 Å². The Morgan fingerprint density at radius 1 is 1.55 bits per heavy atom. The number of ether oxygens (including phenoxy) is 1. The lowest BCUT2D eigenvalue weighted by molar-refractivity contribution is -0.128. The van der Waals surface area contributed by atoms with E-state index in [9.17, 15) is 18.4 Å². The Morgan fingerprint density at radius 3 is 2.86 bits per heavy atom. The van der Waals surface area contributed by atoms with E-state index in [1.165, 1.54) is 23.1 Å². The number of likely N-dealkylation sites (tertiary alicyclic amines) is 1. The molecule has 0 unspecified atom stereocenters. The number of nitrogens with zero attached hydrogens (tertiary/aromatic N) is 1. The lowest BCUT2D eigenvalue weighted by atomic mass is 10.1. The zero-order valence-corrected chi connectivity index (χ0v) is 12.6. The van der Waals surface area contributed by atoms with Gasteiger partial charge in [0.05, 0.1) is 5.92 Å². The van der Waals surface area contributed by atoms with Gasteiger partial charge in [-0.2, -0.15) is 8.78 Å². The molecule has 0 bridgehead atoms. The van der Waals surface area contributed by atoms with Crippen LogP contribution >= 0.6 is 11.6 Å². The molecule has 0 saturated carbocycles. The number of hydrogen-bond acceptors (Lipinski definition) is 3. The molecular weight excluding hydrogens is 318 g/mol. The molecule has 1 aromatic carbocycles. The number of hydrogen-bond donors (Lipinski definition) is 1. The monoisotopic (exact) mass is 332 g/mol. The number of benzene rings is 1. The quantitative estimate of drug-likeness (QED) is 0.897. The number of nitrogens with one attached hydrogen (secondary N) is 1. The summed E-state index contributed by atoms with van der Waals surface area (Å²) in [5.74, 6) is -0.874. The van der Waals surface area contributed by atoms with Crippen molar-refractivity contribution in [2.24, 2.45) is 5.92 Å². The molecule has 1 heterocycles. The Hall–Kier alpha value is -1.89. The van der Waals surface area contributed by atoms with Crippen LogP contribution in [0.5, 0.6) is 5.75 Å². The zero-order chi connectivity index (χ0) is 16.3. The predicted octanol–water partition coefficient (Wildman–Crippen LogP) is 2.04. The van der Waals surface area contributed by atoms with E-state index >= 15 is 0 Å². The number of amides is 2. The van der Waals surface area contributed by atoms with Crippen LogP contribution in [-0.4, -0.2) is 36.9 Å². The van der Waals surface area contributed by atoms with Crippen molar-refractivity contribution in [3.63, 3.8) is 0 Å². The minimum Gasteiger partial charge on any atom is -0.434 e. The molecule has 2 rings (SSSR count). The second kappa shape index (κ2) is 6.91. The van der Waals surface area contributed by atoms with Gasteiger partial charge in [-0.1, -0.05) is 11.6 Å². The number of carbonyl (C=O) groups excluding carboxylic acids is 2. The van der Waals surface area contributed by atoms with Crippen LogP contribution in [0.25, 0.3) is 0 Å². The first-order chi connectivity index (χ1) is 10.4. The number of halogens is 3. The van der Waals surface area contributed by atoms with Gasteiger partial charge in [-0.3, -0.25) is 9.59 Å². The summed E-state index contributed by atoms with van der Waals surface area (Å²) in [5.41, 5.74) is 0.346. The van der Waals surface area contributed by atoms with Crippen molar-refractivity contribution in [2.75, 3.05) is 13.6 Å². The number of rotatable bonds is 5. The third-order valence-electron chi connectivity index (χ3n) is 3.40. The second-order valence-corrected chi connectivity index (χ2v) is 5.46. The fourth-order valence-electron chi connectivity index (χ4n) is 2.26. The molecular formula is C14H15ClF2N2O3. The molecule has 1 N–H and O–H groups in total. The van der Waals surface area contributed by atoms with Crippen LogP contribution in [0.15, 0.2) is 18.2 Å². The average Bonchev–Trinajstić information content (AvgIpc) is 2.78. The van der Waals surface area contributed by atoms with Crippen LogP contribution in [0, 0.1) is 5.92 Å². The summed E-state index contributed by atoms with van der Waals surface area (Å²) in [6.07, 6.45) is 0.151. The van der Waals surface area contributed by atoms with Gasteiger partial charge >= 0.3 is 6.61 Å². The van der Waals surface area contributed by atoms with Crippen LogP contribution in [-0.2, 0) is 16.1 Å². The first kappa shape index (κ1) is 16.5. The summed E-state index contributed by atoms with van der Waals surface area (Å²) in [4.78, 5) is 24.9. The molecule has 1 aliphatic rings. The molecule has 0 radical (unpaired) electrons. The van der Waals surface area contributed by atoms with Crippen LogP contribution in [0.2, 0.25) is 5.02 Å². The highest BCUT2D eigenvalue weighted by atomic mass is 35.5. The molecule has 120 valence electrons. The van der Waals surface area contributed by atoms with Crippen molar-refractivity contribution >= 4 is 23.4 Å². The Morgan fingerprint density at radius 2 is 2.27 bits per heavy atom. The largest absolute Gasteiger partial charge is 0.434 e. The molecule has 1 fully saturated rings. The van der Waals surface area contributed by atoms with Crippen molar-refractivity contribution < 1.29 is 23.1 Å². The summed E-state index contributed by atoms with van der Waals surface area (Å²) in [7, 11) is 1.63. The minimum absolute atomic E-state index is 0.00412. The SMILES string of the molecule is CN1C[C@@H](C(=O)NCc2cc(Cl)ccc2OC(F)F)CC1=O. The number of alkyl halides is 2. The Balaban J connectivity index is 2.00. The standard InChI is InChI=1S/C14H15ClF2N2O3/c1-19-7-9(5-12(19)20)13(21)18-6-8-4-10(15)2-3-11(8)22-14(16)17/h2-4,9,14H,5-7H2,1H3,(H,18,21)/t9-/m0/s1. The van der Waals surface area contributed by atoms with E-state index in [1.807, 2.05) is 0 Å². The molecule has 1 atom stereocenters. The maximum atomic E-state index is 12.3. The summed E-state index contributed by atoms with van der Waals surface area (Å²) >= 11 is 5.83. The molecule has 1 aliphatic heterocycles. The van der Waals surface area contributed by atoms with Crippen LogP contribution in [0.3, 0.4) is 0 Å². The Bertz CT molecular complexity index is 583. The van der Waals surface area contributed by atoms with E-state index in [-0.39, 0.29) is 30.5 Å². The van der Waals surface area contributed by atoms with Crippen LogP contribution < -0.4 is 10.1 Å². The molecule has 1 aromatic rings. The van der Waals surface area contributed by atoms with Gasteiger partial charge in [0.25, 0.3) is 0 Å². The average molecular weight is 333 g/mol. The van der Waals surface area contributed by atoms with Gasteiger partial charge in [0.15, 0.2) is 0 Å². The van der Waals surface area contributed by atoms with Gasteiger partial charge in [0.2, 0.25) is 11.8 Å².